The maximum absolute atomic E-state index is 12.2. The molecule has 2 aromatic rings. The number of carbonyl (C=O) groups is 2. The molecule has 3 rings (SSSR count). The molecule has 122 valence electrons. The van der Waals surface area contributed by atoms with Crippen LogP contribution in [0.15, 0.2) is 48.5 Å². The maximum Gasteiger partial charge on any atom is 0.271 e. The highest BCUT2D eigenvalue weighted by Crippen LogP contribution is 2.30. The highest BCUT2D eigenvalue weighted by molar-refractivity contribution is 6.04. The first kappa shape index (κ1) is 15.7. The average Bonchev–Trinajstić information content (AvgIpc) is 3.40. The largest absolute Gasteiger partial charge is 0.326 e. The van der Waals surface area contributed by atoms with E-state index < -0.39 is 4.92 Å². The van der Waals surface area contributed by atoms with Crippen LogP contribution < -0.4 is 10.6 Å². The van der Waals surface area contributed by atoms with Crippen LogP contribution in [0.25, 0.3) is 0 Å². The molecule has 0 aromatic heterocycles. The van der Waals surface area contributed by atoms with Crippen LogP contribution in [0.3, 0.4) is 0 Å². The van der Waals surface area contributed by atoms with Crippen LogP contribution in [0.5, 0.6) is 0 Å². The topological polar surface area (TPSA) is 101 Å². The molecule has 0 atom stereocenters. The van der Waals surface area contributed by atoms with Gasteiger partial charge in [-0.15, -0.1) is 0 Å². The number of anilines is 2. The fraction of sp³-hybridized carbons (Fsp3) is 0.176. The molecule has 0 bridgehead atoms. The predicted octanol–water partition coefficient (Wildman–Crippen LogP) is 3.20. The van der Waals surface area contributed by atoms with Gasteiger partial charge in [-0.05, 0) is 43.2 Å². The van der Waals surface area contributed by atoms with Crippen molar-refractivity contribution in [3.63, 3.8) is 0 Å². The van der Waals surface area contributed by atoms with Crippen molar-refractivity contribution in [2.24, 2.45) is 5.92 Å². The maximum atomic E-state index is 12.2. The number of nitrogens with zero attached hydrogens (tertiary/aromatic N) is 1. The second kappa shape index (κ2) is 6.49. The molecule has 1 aliphatic rings. The summed E-state index contributed by atoms with van der Waals surface area (Å²) in [6.07, 6.45) is 1.85. The van der Waals surface area contributed by atoms with Gasteiger partial charge in [0.05, 0.1) is 4.92 Å². The van der Waals surface area contributed by atoms with Crippen LogP contribution in [0.4, 0.5) is 17.1 Å². The van der Waals surface area contributed by atoms with E-state index >= 15 is 0 Å². The Balaban J connectivity index is 1.65. The molecule has 2 aromatic carbocycles. The van der Waals surface area contributed by atoms with E-state index in [4.69, 9.17) is 0 Å². The summed E-state index contributed by atoms with van der Waals surface area (Å²) >= 11 is 0. The third-order valence-electron chi connectivity index (χ3n) is 3.68. The van der Waals surface area contributed by atoms with Crippen LogP contribution in [-0.2, 0) is 4.79 Å². The van der Waals surface area contributed by atoms with Crippen molar-refractivity contribution in [3.05, 3.63) is 64.2 Å². The molecule has 7 heteroatoms. The van der Waals surface area contributed by atoms with Gasteiger partial charge in [0.2, 0.25) is 5.91 Å². The third kappa shape index (κ3) is 3.75. The molecule has 1 fully saturated rings. The Bertz CT molecular complexity index is 798. The Morgan fingerprint density at radius 2 is 1.71 bits per heavy atom. The number of carbonyl (C=O) groups excluding carboxylic acids is 2. The second-order valence-electron chi connectivity index (χ2n) is 5.60. The van der Waals surface area contributed by atoms with Crippen LogP contribution in [0, 0.1) is 16.0 Å². The Morgan fingerprint density at radius 3 is 2.33 bits per heavy atom. The minimum atomic E-state index is -0.521. The molecule has 2 N–H and O–H groups in total. The van der Waals surface area contributed by atoms with Crippen molar-refractivity contribution < 1.29 is 14.5 Å². The van der Waals surface area contributed by atoms with Gasteiger partial charge in [0.15, 0.2) is 0 Å². The van der Waals surface area contributed by atoms with Gasteiger partial charge in [0, 0.05) is 35.0 Å². The normalized spacial score (nSPS) is 13.2. The molecule has 0 spiro atoms. The summed E-state index contributed by atoms with van der Waals surface area (Å²) in [5.41, 5.74) is 1.29. The molecule has 24 heavy (non-hydrogen) atoms. The van der Waals surface area contributed by atoms with Gasteiger partial charge in [-0.25, -0.2) is 0 Å². The summed E-state index contributed by atoms with van der Waals surface area (Å²) in [4.78, 5) is 34.1. The highest BCUT2D eigenvalue weighted by atomic mass is 16.6. The van der Waals surface area contributed by atoms with Gasteiger partial charge < -0.3 is 10.6 Å². The first-order valence-electron chi connectivity index (χ1n) is 7.49. The van der Waals surface area contributed by atoms with E-state index in [0.717, 1.165) is 12.8 Å². The summed E-state index contributed by atoms with van der Waals surface area (Å²) < 4.78 is 0. The zero-order chi connectivity index (χ0) is 17.1. The minimum absolute atomic E-state index is 0.00352. The molecule has 1 saturated carbocycles. The SMILES string of the molecule is O=C(Nc1cccc([N+](=O)[O-])c1)c1ccc(NC(=O)C2CC2)cc1. The van der Waals surface area contributed by atoms with Gasteiger partial charge in [-0.1, -0.05) is 6.07 Å². The first-order chi connectivity index (χ1) is 11.5. The third-order valence-corrected chi connectivity index (χ3v) is 3.68. The van der Waals surface area contributed by atoms with Crippen molar-refractivity contribution in [3.8, 4) is 0 Å². The summed E-state index contributed by atoms with van der Waals surface area (Å²) in [7, 11) is 0. The molecule has 7 nitrogen and oxygen atoms in total. The second-order valence-corrected chi connectivity index (χ2v) is 5.60. The van der Waals surface area contributed by atoms with E-state index in [1.165, 1.54) is 18.2 Å². The highest BCUT2D eigenvalue weighted by Gasteiger charge is 2.29. The number of nitro benzene ring substituents is 1. The number of nitro groups is 1. The lowest BCUT2D eigenvalue weighted by molar-refractivity contribution is -0.384. The monoisotopic (exact) mass is 325 g/mol. The van der Waals surface area contributed by atoms with Crippen LogP contribution in [0.1, 0.15) is 23.2 Å². The predicted molar refractivity (Wildman–Crippen MR) is 88.8 cm³/mol. The van der Waals surface area contributed by atoms with Crippen molar-refractivity contribution >= 4 is 28.9 Å². The van der Waals surface area contributed by atoms with Gasteiger partial charge in [-0.3, -0.25) is 19.7 Å². The van der Waals surface area contributed by atoms with Crippen LogP contribution in [-0.4, -0.2) is 16.7 Å². The molecular weight excluding hydrogens is 310 g/mol. The standard InChI is InChI=1S/C17H15N3O4/c21-16(11-4-5-11)18-13-8-6-12(7-9-13)17(22)19-14-2-1-3-15(10-14)20(23)24/h1-3,6-11H,4-5H2,(H,18,21)(H,19,22). The van der Waals surface area contributed by atoms with Gasteiger partial charge in [-0.2, -0.15) is 0 Å². The molecule has 0 saturated heterocycles. The fourth-order valence-electron chi connectivity index (χ4n) is 2.20. The fourth-order valence-corrected chi connectivity index (χ4v) is 2.20. The summed E-state index contributed by atoms with van der Waals surface area (Å²) in [6.45, 7) is 0. The van der Waals surface area contributed by atoms with Crippen LogP contribution >= 0.6 is 0 Å². The molecule has 0 unspecified atom stereocenters. The lowest BCUT2D eigenvalue weighted by atomic mass is 10.2. The number of rotatable bonds is 5. The minimum Gasteiger partial charge on any atom is -0.326 e. The van der Waals surface area contributed by atoms with E-state index in [0.29, 0.717) is 16.9 Å². The van der Waals surface area contributed by atoms with Gasteiger partial charge in [0.1, 0.15) is 0 Å². The molecule has 2 amide bonds. The van der Waals surface area contributed by atoms with E-state index in [1.807, 2.05) is 0 Å². The first-order valence-corrected chi connectivity index (χ1v) is 7.49. The average molecular weight is 325 g/mol. The summed E-state index contributed by atoms with van der Waals surface area (Å²) in [5, 5.41) is 16.2. The zero-order valence-corrected chi connectivity index (χ0v) is 12.7. The number of hydrogen-bond acceptors (Lipinski definition) is 4. The number of nitrogens with one attached hydrogen (secondary N) is 2. The van der Waals surface area contributed by atoms with Crippen molar-refractivity contribution in [2.75, 3.05) is 10.6 Å². The lowest BCUT2D eigenvalue weighted by Crippen LogP contribution is -2.14. The zero-order valence-electron chi connectivity index (χ0n) is 12.7. The Hall–Kier alpha value is -3.22. The van der Waals surface area contributed by atoms with E-state index in [1.54, 1.807) is 30.3 Å². The lowest BCUT2D eigenvalue weighted by Gasteiger charge is -2.07. The van der Waals surface area contributed by atoms with Crippen molar-refractivity contribution in [2.45, 2.75) is 12.8 Å². The Morgan fingerprint density at radius 1 is 1.00 bits per heavy atom. The van der Waals surface area contributed by atoms with Gasteiger partial charge >= 0.3 is 0 Å². The Labute approximate surface area is 137 Å². The van der Waals surface area contributed by atoms with Crippen molar-refractivity contribution in [1.82, 2.24) is 0 Å². The summed E-state index contributed by atoms with van der Waals surface area (Å²) in [5.74, 6) is -0.263. The molecule has 0 radical (unpaired) electrons. The molecular formula is C17H15N3O4. The van der Waals surface area contributed by atoms with Gasteiger partial charge in [0.25, 0.3) is 11.6 Å². The van der Waals surface area contributed by atoms with Crippen molar-refractivity contribution in [1.29, 1.82) is 0 Å². The molecule has 0 aliphatic heterocycles. The summed E-state index contributed by atoms with van der Waals surface area (Å²) in [6, 6.07) is 12.2. The quantitative estimate of drug-likeness (QED) is 0.651. The molecule has 1 aliphatic carbocycles. The molecule has 0 heterocycles. The number of amides is 2. The smallest absolute Gasteiger partial charge is 0.271 e. The van der Waals surface area contributed by atoms with E-state index in [2.05, 4.69) is 10.6 Å². The number of hydrogen-bond donors (Lipinski definition) is 2. The number of benzene rings is 2. The van der Waals surface area contributed by atoms with Crippen LogP contribution in [0.2, 0.25) is 0 Å². The van der Waals surface area contributed by atoms with E-state index in [9.17, 15) is 19.7 Å². The number of non-ortho nitro benzene ring substituents is 1. The van der Waals surface area contributed by atoms with E-state index in [-0.39, 0.29) is 23.4 Å². The Kier molecular flexibility index (Phi) is 4.24.